The van der Waals surface area contributed by atoms with Crippen molar-refractivity contribution in [3.05, 3.63) is 46.7 Å². The van der Waals surface area contributed by atoms with Crippen molar-refractivity contribution in [3.8, 4) is 5.75 Å². The number of nitrogens with zero attached hydrogens (tertiary/aromatic N) is 1. The molecule has 21 heavy (non-hydrogen) atoms. The van der Waals surface area contributed by atoms with Gasteiger partial charge in [-0.25, -0.2) is 12.7 Å². The summed E-state index contributed by atoms with van der Waals surface area (Å²) in [6, 6.07) is 8.85. The highest BCUT2D eigenvalue weighted by Crippen LogP contribution is 2.15. The lowest BCUT2D eigenvalue weighted by Crippen LogP contribution is -2.30. The highest BCUT2D eigenvalue weighted by molar-refractivity contribution is 7.89. The van der Waals surface area contributed by atoms with Crippen LogP contribution in [-0.2, 0) is 16.6 Å². The highest BCUT2D eigenvalue weighted by atomic mass is 32.2. The Morgan fingerprint density at radius 2 is 2.14 bits per heavy atom. The Morgan fingerprint density at radius 1 is 1.33 bits per heavy atom. The molecule has 1 aromatic carbocycles. The zero-order chi connectivity index (χ0) is 15.3. The van der Waals surface area contributed by atoms with Gasteiger partial charge in [-0.15, -0.1) is 0 Å². The molecule has 2 aromatic rings. The Balaban J connectivity index is 1.86. The summed E-state index contributed by atoms with van der Waals surface area (Å²) >= 11 is 1.55. The van der Waals surface area contributed by atoms with Crippen LogP contribution in [0.15, 0.2) is 41.1 Å². The van der Waals surface area contributed by atoms with Gasteiger partial charge in [-0.3, -0.25) is 0 Å². The minimum Gasteiger partial charge on any atom is -0.492 e. The van der Waals surface area contributed by atoms with Crippen LogP contribution in [0.3, 0.4) is 0 Å². The molecule has 0 saturated carbocycles. The maximum Gasteiger partial charge on any atom is 0.217 e. The normalized spacial score (nSPS) is 11.7. The first-order valence-corrected chi connectivity index (χ1v) is 8.96. The first-order valence-electron chi connectivity index (χ1n) is 6.41. The third-order valence-electron chi connectivity index (χ3n) is 2.93. The van der Waals surface area contributed by atoms with E-state index in [4.69, 9.17) is 10.5 Å². The molecule has 0 aliphatic rings. The minimum absolute atomic E-state index is 0.0670. The van der Waals surface area contributed by atoms with Crippen LogP contribution in [0.1, 0.15) is 5.56 Å². The molecule has 1 heterocycles. The van der Waals surface area contributed by atoms with Crippen molar-refractivity contribution in [2.75, 3.05) is 25.1 Å². The third kappa shape index (κ3) is 4.73. The van der Waals surface area contributed by atoms with E-state index in [1.807, 2.05) is 16.8 Å². The summed E-state index contributed by atoms with van der Waals surface area (Å²) in [4.78, 5) is 0. The molecule has 0 fully saturated rings. The second kappa shape index (κ2) is 6.93. The summed E-state index contributed by atoms with van der Waals surface area (Å²) in [5, 5.41) is 3.87. The van der Waals surface area contributed by atoms with E-state index < -0.39 is 10.0 Å². The van der Waals surface area contributed by atoms with E-state index in [0.717, 1.165) is 5.56 Å². The van der Waals surface area contributed by atoms with Crippen molar-refractivity contribution in [2.24, 2.45) is 0 Å². The van der Waals surface area contributed by atoms with Gasteiger partial charge in [0.15, 0.2) is 0 Å². The van der Waals surface area contributed by atoms with Crippen LogP contribution in [-0.4, -0.2) is 32.1 Å². The molecule has 5 nitrogen and oxygen atoms in total. The van der Waals surface area contributed by atoms with E-state index in [2.05, 4.69) is 0 Å². The average Bonchev–Trinajstić information content (AvgIpc) is 2.91. The van der Waals surface area contributed by atoms with Crippen LogP contribution in [0, 0.1) is 0 Å². The highest BCUT2D eigenvalue weighted by Gasteiger charge is 2.18. The van der Waals surface area contributed by atoms with Crippen molar-refractivity contribution in [1.29, 1.82) is 0 Å². The number of hydrogen-bond donors (Lipinski definition) is 1. The Labute approximate surface area is 129 Å². The monoisotopic (exact) mass is 326 g/mol. The second-order valence-electron chi connectivity index (χ2n) is 4.62. The molecule has 0 radical (unpaired) electrons. The molecule has 0 unspecified atom stereocenters. The second-order valence-corrected chi connectivity index (χ2v) is 7.60. The smallest absolute Gasteiger partial charge is 0.217 e. The van der Waals surface area contributed by atoms with Crippen LogP contribution in [0.5, 0.6) is 5.75 Å². The zero-order valence-corrected chi connectivity index (χ0v) is 13.4. The predicted molar refractivity (Wildman–Crippen MR) is 85.9 cm³/mol. The van der Waals surface area contributed by atoms with E-state index in [-0.39, 0.29) is 12.4 Å². The summed E-state index contributed by atoms with van der Waals surface area (Å²) in [6.07, 6.45) is 0. The fourth-order valence-electron chi connectivity index (χ4n) is 1.76. The molecule has 0 aliphatic heterocycles. The van der Waals surface area contributed by atoms with Gasteiger partial charge < -0.3 is 10.5 Å². The lowest BCUT2D eigenvalue weighted by molar-refractivity contribution is 0.336. The average molecular weight is 326 g/mol. The van der Waals surface area contributed by atoms with Crippen LogP contribution < -0.4 is 10.5 Å². The molecular weight excluding hydrogens is 308 g/mol. The number of thiophene rings is 1. The van der Waals surface area contributed by atoms with E-state index in [0.29, 0.717) is 18.0 Å². The Hall–Kier alpha value is -1.57. The number of ether oxygens (including phenoxy) is 1. The fraction of sp³-hybridized carbons (Fsp3) is 0.286. The lowest BCUT2D eigenvalue weighted by Gasteiger charge is -2.16. The van der Waals surface area contributed by atoms with E-state index >= 15 is 0 Å². The molecule has 2 N–H and O–H groups in total. The molecule has 7 heteroatoms. The van der Waals surface area contributed by atoms with Gasteiger partial charge in [-0.05, 0) is 34.5 Å². The third-order valence-corrected chi connectivity index (χ3v) is 5.42. The van der Waals surface area contributed by atoms with Crippen molar-refractivity contribution in [1.82, 2.24) is 4.31 Å². The number of benzene rings is 1. The van der Waals surface area contributed by atoms with Gasteiger partial charge >= 0.3 is 0 Å². The summed E-state index contributed by atoms with van der Waals surface area (Å²) in [6.45, 7) is 0.476. The molecule has 2 rings (SSSR count). The van der Waals surface area contributed by atoms with Gasteiger partial charge in [-0.1, -0.05) is 6.07 Å². The minimum atomic E-state index is -3.33. The molecule has 0 aliphatic carbocycles. The van der Waals surface area contributed by atoms with Crippen molar-refractivity contribution in [2.45, 2.75) is 6.54 Å². The van der Waals surface area contributed by atoms with Gasteiger partial charge in [-0.2, -0.15) is 11.3 Å². The van der Waals surface area contributed by atoms with Crippen molar-refractivity contribution < 1.29 is 13.2 Å². The summed E-state index contributed by atoms with van der Waals surface area (Å²) in [5.41, 5.74) is 7.21. The summed E-state index contributed by atoms with van der Waals surface area (Å²) in [5.74, 6) is 0.508. The topological polar surface area (TPSA) is 72.6 Å². The van der Waals surface area contributed by atoms with Crippen molar-refractivity contribution >= 4 is 27.0 Å². The Bertz CT molecular complexity index is 669. The molecule has 1 aromatic heterocycles. The van der Waals surface area contributed by atoms with Gasteiger partial charge in [0, 0.05) is 25.3 Å². The first kappa shape index (κ1) is 15.8. The van der Waals surface area contributed by atoms with Crippen LogP contribution >= 0.6 is 11.3 Å². The van der Waals surface area contributed by atoms with Crippen LogP contribution in [0.25, 0.3) is 0 Å². The Kier molecular flexibility index (Phi) is 5.22. The summed E-state index contributed by atoms with van der Waals surface area (Å²) < 4.78 is 31.0. The van der Waals surface area contributed by atoms with Gasteiger partial charge in [0.05, 0.1) is 5.75 Å². The van der Waals surface area contributed by atoms with Crippen LogP contribution in [0.2, 0.25) is 0 Å². The Morgan fingerprint density at radius 3 is 2.81 bits per heavy atom. The first-order chi connectivity index (χ1) is 9.97. The molecule has 0 bridgehead atoms. The molecule has 114 valence electrons. The number of hydrogen-bond acceptors (Lipinski definition) is 5. The number of nitrogens with two attached hydrogens (primary N) is 1. The van der Waals surface area contributed by atoms with Gasteiger partial charge in [0.25, 0.3) is 0 Å². The largest absolute Gasteiger partial charge is 0.492 e. The predicted octanol–water partition coefficient (Wildman–Crippen LogP) is 2.17. The summed E-state index contributed by atoms with van der Waals surface area (Å²) in [7, 11) is -1.76. The molecular formula is C14H18N2O3S2. The standard InChI is InChI=1S/C14H18N2O3S2/c1-16(10-12-5-7-20-11-12)21(17,18)8-6-19-14-4-2-3-13(15)9-14/h2-5,7,9,11H,6,8,10,15H2,1H3. The molecule has 0 amide bonds. The zero-order valence-electron chi connectivity index (χ0n) is 11.7. The number of nitrogen functional groups attached to an aromatic ring is 1. The SMILES string of the molecule is CN(Cc1ccsc1)S(=O)(=O)CCOc1cccc(N)c1. The maximum absolute atomic E-state index is 12.1. The number of sulfonamides is 1. The maximum atomic E-state index is 12.1. The lowest BCUT2D eigenvalue weighted by atomic mass is 10.3. The number of rotatable bonds is 7. The van der Waals surface area contributed by atoms with Crippen molar-refractivity contribution in [3.63, 3.8) is 0 Å². The van der Waals surface area contributed by atoms with Crippen LogP contribution in [0.4, 0.5) is 5.69 Å². The quantitative estimate of drug-likeness (QED) is 0.792. The van der Waals surface area contributed by atoms with E-state index in [1.54, 1.807) is 42.6 Å². The molecule has 0 spiro atoms. The molecule has 0 saturated heterocycles. The fourth-order valence-corrected chi connectivity index (χ4v) is 3.37. The number of anilines is 1. The van der Waals surface area contributed by atoms with Gasteiger partial charge in [0.2, 0.25) is 10.0 Å². The van der Waals surface area contributed by atoms with Gasteiger partial charge in [0.1, 0.15) is 12.4 Å². The molecule has 0 atom stereocenters. The van der Waals surface area contributed by atoms with E-state index in [9.17, 15) is 8.42 Å². The van der Waals surface area contributed by atoms with E-state index in [1.165, 1.54) is 4.31 Å².